The van der Waals surface area contributed by atoms with Crippen molar-refractivity contribution in [2.24, 2.45) is 0 Å². The van der Waals surface area contributed by atoms with Gasteiger partial charge in [-0.25, -0.2) is 8.42 Å². The molecule has 0 saturated carbocycles. The minimum atomic E-state index is -3.80. The van der Waals surface area contributed by atoms with Crippen molar-refractivity contribution in [2.75, 3.05) is 33.2 Å². The summed E-state index contributed by atoms with van der Waals surface area (Å²) in [4.78, 5) is 12.9. The van der Waals surface area contributed by atoms with Crippen molar-refractivity contribution in [3.8, 4) is 11.5 Å². The highest BCUT2D eigenvalue weighted by molar-refractivity contribution is 7.89. The summed E-state index contributed by atoms with van der Waals surface area (Å²) in [6, 6.07) is 9.28. The number of sulfonamides is 1. The summed E-state index contributed by atoms with van der Waals surface area (Å²) < 4.78 is 32.8. The van der Waals surface area contributed by atoms with Gasteiger partial charge in [0.25, 0.3) is 0 Å². The molecule has 150 valence electrons. The lowest BCUT2D eigenvalue weighted by Crippen LogP contribution is -2.47. The maximum atomic E-state index is 12.9. The molecule has 0 amide bonds. The standard InChI is InChI=1S/C19H23N3O5S/c1-14-10-15(2)12-16(11-14)27-19-5-4-17(13-18(19)22(23)24)28(25,26)21-8-6-20(3)7-9-21/h4-5,10-13H,6-9H2,1-3H3. The summed E-state index contributed by atoms with van der Waals surface area (Å²) in [5, 5.41) is 11.6. The first-order chi connectivity index (χ1) is 13.2. The number of likely N-dealkylation sites (N-methyl/N-ethyl adjacent to an activating group) is 1. The summed E-state index contributed by atoms with van der Waals surface area (Å²) in [7, 11) is -1.87. The third-order valence-electron chi connectivity index (χ3n) is 4.65. The third-order valence-corrected chi connectivity index (χ3v) is 6.54. The van der Waals surface area contributed by atoms with Crippen LogP contribution in [0.2, 0.25) is 0 Å². The van der Waals surface area contributed by atoms with Gasteiger partial charge in [-0.15, -0.1) is 0 Å². The number of hydrogen-bond donors (Lipinski definition) is 0. The zero-order valence-electron chi connectivity index (χ0n) is 16.1. The number of hydrogen-bond acceptors (Lipinski definition) is 6. The number of ether oxygens (including phenoxy) is 1. The lowest BCUT2D eigenvalue weighted by atomic mass is 10.1. The molecule has 0 aliphatic carbocycles. The molecule has 1 aliphatic rings. The zero-order valence-corrected chi connectivity index (χ0v) is 16.9. The molecule has 9 heteroatoms. The van der Waals surface area contributed by atoms with Gasteiger partial charge in [0.15, 0.2) is 0 Å². The van der Waals surface area contributed by atoms with Crippen LogP contribution in [0.5, 0.6) is 11.5 Å². The number of piperazine rings is 1. The van der Waals surface area contributed by atoms with Crippen LogP contribution in [0.3, 0.4) is 0 Å². The highest BCUT2D eigenvalue weighted by atomic mass is 32.2. The van der Waals surface area contributed by atoms with Crippen molar-refractivity contribution >= 4 is 15.7 Å². The van der Waals surface area contributed by atoms with Gasteiger partial charge in [0, 0.05) is 32.2 Å². The number of nitrogens with zero attached hydrogens (tertiary/aromatic N) is 3. The van der Waals surface area contributed by atoms with E-state index in [2.05, 4.69) is 0 Å². The Hall–Kier alpha value is -2.49. The fourth-order valence-corrected chi connectivity index (χ4v) is 4.63. The summed E-state index contributed by atoms with van der Waals surface area (Å²) in [5.74, 6) is 0.475. The van der Waals surface area contributed by atoms with Crippen LogP contribution in [0.1, 0.15) is 11.1 Å². The smallest absolute Gasteiger partial charge is 0.312 e. The minimum absolute atomic E-state index is 0.00678. The number of rotatable bonds is 5. The molecule has 1 heterocycles. The third kappa shape index (κ3) is 4.32. The molecule has 1 aliphatic heterocycles. The molecular formula is C19H23N3O5S. The Labute approximate surface area is 164 Å². The molecule has 0 unspecified atom stereocenters. The van der Waals surface area contributed by atoms with E-state index in [9.17, 15) is 18.5 Å². The maximum Gasteiger partial charge on any atom is 0.312 e. The van der Waals surface area contributed by atoms with Crippen LogP contribution in [-0.4, -0.2) is 55.8 Å². The van der Waals surface area contributed by atoms with Crippen LogP contribution in [0.4, 0.5) is 5.69 Å². The molecule has 1 saturated heterocycles. The van der Waals surface area contributed by atoms with Crippen LogP contribution < -0.4 is 4.74 Å². The maximum absolute atomic E-state index is 12.9. The van der Waals surface area contributed by atoms with E-state index in [1.54, 1.807) is 12.1 Å². The molecule has 0 radical (unpaired) electrons. The predicted octanol–water partition coefficient (Wildman–Crippen LogP) is 2.94. The lowest BCUT2D eigenvalue weighted by Gasteiger charge is -2.31. The van der Waals surface area contributed by atoms with E-state index in [1.807, 2.05) is 31.9 Å². The Kier molecular flexibility index (Phi) is 5.69. The van der Waals surface area contributed by atoms with Gasteiger partial charge in [-0.05, 0) is 56.3 Å². The van der Waals surface area contributed by atoms with Crippen molar-refractivity contribution in [2.45, 2.75) is 18.7 Å². The van der Waals surface area contributed by atoms with Crippen molar-refractivity contribution in [1.29, 1.82) is 0 Å². The lowest BCUT2D eigenvalue weighted by molar-refractivity contribution is -0.385. The molecule has 0 atom stereocenters. The van der Waals surface area contributed by atoms with E-state index >= 15 is 0 Å². The molecule has 0 bridgehead atoms. The highest BCUT2D eigenvalue weighted by Crippen LogP contribution is 2.34. The number of benzene rings is 2. The normalized spacial score (nSPS) is 16.1. The largest absolute Gasteiger partial charge is 0.450 e. The molecule has 2 aromatic rings. The van der Waals surface area contributed by atoms with Crippen molar-refractivity contribution in [3.05, 3.63) is 57.6 Å². The first-order valence-electron chi connectivity index (χ1n) is 8.90. The minimum Gasteiger partial charge on any atom is -0.450 e. The van der Waals surface area contributed by atoms with Gasteiger partial charge >= 0.3 is 5.69 Å². The van der Waals surface area contributed by atoms with Crippen LogP contribution in [0.15, 0.2) is 41.3 Å². The van der Waals surface area contributed by atoms with Crippen molar-refractivity contribution in [3.63, 3.8) is 0 Å². The Morgan fingerprint density at radius 2 is 1.61 bits per heavy atom. The SMILES string of the molecule is Cc1cc(C)cc(Oc2ccc(S(=O)(=O)N3CCN(C)CC3)cc2[N+](=O)[O-])c1. The van der Waals surface area contributed by atoms with Gasteiger partial charge in [-0.1, -0.05) is 6.07 Å². The van der Waals surface area contributed by atoms with Gasteiger partial charge in [0.05, 0.1) is 9.82 Å². The summed E-state index contributed by atoms with van der Waals surface area (Å²) in [5.41, 5.74) is 1.55. The Morgan fingerprint density at radius 3 is 2.18 bits per heavy atom. The Morgan fingerprint density at radius 1 is 1.00 bits per heavy atom. The summed E-state index contributed by atoms with van der Waals surface area (Å²) in [6.07, 6.45) is 0. The van der Waals surface area contributed by atoms with E-state index in [4.69, 9.17) is 4.74 Å². The molecule has 0 spiro atoms. The van der Waals surface area contributed by atoms with E-state index in [0.717, 1.165) is 17.2 Å². The topological polar surface area (TPSA) is 93.0 Å². The molecule has 0 N–H and O–H groups in total. The van der Waals surface area contributed by atoms with E-state index in [0.29, 0.717) is 31.9 Å². The molecular weight excluding hydrogens is 382 g/mol. The summed E-state index contributed by atoms with van der Waals surface area (Å²) >= 11 is 0. The monoisotopic (exact) mass is 405 g/mol. The van der Waals surface area contributed by atoms with Gasteiger partial charge in [-0.2, -0.15) is 4.31 Å². The zero-order chi connectivity index (χ0) is 20.5. The second-order valence-electron chi connectivity index (χ2n) is 7.02. The average Bonchev–Trinajstić information content (AvgIpc) is 2.61. The fourth-order valence-electron chi connectivity index (χ4n) is 3.18. The van der Waals surface area contributed by atoms with Gasteiger partial charge in [-0.3, -0.25) is 10.1 Å². The van der Waals surface area contributed by atoms with E-state index < -0.39 is 14.9 Å². The second-order valence-corrected chi connectivity index (χ2v) is 8.96. The van der Waals surface area contributed by atoms with E-state index in [1.165, 1.54) is 16.4 Å². The van der Waals surface area contributed by atoms with Gasteiger partial charge in [0.1, 0.15) is 5.75 Å². The molecule has 8 nitrogen and oxygen atoms in total. The molecule has 2 aromatic carbocycles. The molecule has 0 aromatic heterocycles. The predicted molar refractivity (Wildman–Crippen MR) is 105 cm³/mol. The van der Waals surface area contributed by atoms with Crippen molar-refractivity contribution in [1.82, 2.24) is 9.21 Å². The highest BCUT2D eigenvalue weighted by Gasteiger charge is 2.30. The van der Waals surface area contributed by atoms with Crippen LogP contribution >= 0.6 is 0 Å². The first-order valence-corrected chi connectivity index (χ1v) is 10.3. The summed E-state index contributed by atoms with van der Waals surface area (Å²) in [6.45, 7) is 5.76. The fraction of sp³-hybridized carbons (Fsp3) is 0.368. The average molecular weight is 405 g/mol. The van der Waals surface area contributed by atoms with Crippen LogP contribution in [-0.2, 0) is 10.0 Å². The second kappa shape index (κ2) is 7.86. The Balaban J connectivity index is 1.94. The quantitative estimate of drug-likeness (QED) is 0.561. The molecule has 1 fully saturated rings. The van der Waals surface area contributed by atoms with E-state index in [-0.39, 0.29) is 16.3 Å². The number of nitro groups is 1. The molecule has 3 rings (SSSR count). The number of aryl methyl sites for hydroxylation is 2. The van der Waals surface area contributed by atoms with Gasteiger partial charge < -0.3 is 9.64 Å². The first kappa shape index (κ1) is 20.2. The van der Waals surface area contributed by atoms with Crippen LogP contribution in [0.25, 0.3) is 0 Å². The Bertz CT molecular complexity index is 978. The molecule has 28 heavy (non-hydrogen) atoms. The van der Waals surface area contributed by atoms with Crippen LogP contribution in [0, 0.1) is 24.0 Å². The van der Waals surface area contributed by atoms with Crippen molar-refractivity contribution < 1.29 is 18.1 Å². The number of nitro benzene ring substituents is 1. The van der Waals surface area contributed by atoms with Gasteiger partial charge in [0.2, 0.25) is 15.8 Å².